The van der Waals surface area contributed by atoms with Gasteiger partial charge in [0.25, 0.3) is 0 Å². The highest BCUT2D eigenvalue weighted by molar-refractivity contribution is 7.18. The minimum atomic E-state index is -0.187. The lowest BCUT2D eigenvalue weighted by atomic mass is 9.97. The Hall–Kier alpha value is -2.57. The Bertz CT molecular complexity index is 1050. The van der Waals surface area contributed by atoms with Gasteiger partial charge in [0.2, 0.25) is 5.13 Å². The summed E-state index contributed by atoms with van der Waals surface area (Å²) >= 11 is 1.61. The van der Waals surface area contributed by atoms with Crippen LogP contribution in [0.25, 0.3) is 16.1 Å². The third kappa shape index (κ3) is 3.12. The molecule has 0 saturated carbocycles. The van der Waals surface area contributed by atoms with Crippen LogP contribution < -0.4 is 10.6 Å². The molecule has 0 bridgehead atoms. The zero-order chi connectivity index (χ0) is 19.1. The quantitative estimate of drug-likeness (QED) is 0.724. The lowest BCUT2D eigenvalue weighted by molar-refractivity contribution is 0.500. The number of piperidine rings is 1. The van der Waals surface area contributed by atoms with E-state index in [1.807, 2.05) is 12.1 Å². The summed E-state index contributed by atoms with van der Waals surface area (Å²) in [5.74, 6) is -0.187. The van der Waals surface area contributed by atoms with Crippen LogP contribution in [0.2, 0.25) is 0 Å². The Labute approximate surface area is 167 Å². The molecule has 1 saturated heterocycles. The van der Waals surface area contributed by atoms with E-state index in [9.17, 15) is 4.39 Å². The first kappa shape index (κ1) is 17.5. The molecule has 0 radical (unpaired) electrons. The summed E-state index contributed by atoms with van der Waals surface area (Å²) in [4.78, 5) is 2.27. The molecule has 1 fully saturated rings. The molecule has 2 aliphatic rings. The second-order valence-electron chi connectivity index (χ2n) is 7.39. The van der Waals surface area contributed by atoms with E-state index in [1.165, 1.54) is 11.6 Å². The first-order valence-corrected chi connectivity index (χ1v) is 10.4. The minimum absolute atomic E-state index is 0.187. The number of nitrogens with two attached hydrogens (primary N) is 1. The number of halogens is 1. The van der Waals surface area contributed by atoms with Crippen LogP contribution in [0.5, 0.6) is 0 Å². The molecule has 0 unspecified atom stereocenters. The number of allylic oxidation sites excluding steroid dienone is 1. The normalized spacial score (nSPS) is 16.9. The van der Waals surface area contributed by atoms with Crippen LogP contribution in [0, 0.1) is 5.82 Å². The monoisotopic (exact) mass is 392 g/mol. The average Bonchev–Trinajstić information content (AvgIpc) is 3.36. The number of anilines is 1. The van der Waals surface area contributed by atoms with Gasteiger partial charge in [-0.2, -0.15) is 0 Å². The van der Waals surface area contributed by atoms with Crippen LogP contribution in [-0.2, 0) is 6.42 Å². The Kier molecular flexibility index (Phi) is 4.45. The fraction of sp³-hybridized carbons (Fsp3) is 0.273. The number of rotatable bonds is 3. The van der Waals surface area contributed by atoms with Gasteiger partial charge in [-0.1, -0.05) is 47.7 Å². The van der Waals surface area contributed by atoms with E-state index in [2.05, 4.69) is 39.4 Å². The number of hydrogen-bond donors (Lipinski definition) is 1. The lowest BCUT2D eigenvalue weighted by Crippen LogP contribution is -2.39. The summed E-state index contributed by atoms with van der Waals surface area (Å²) in [5, 5.41) is 10.7. The minimum Gasteiger partial charge on any atom is -0.347 e. The van der Waals surface area contributed by atoms with Gasteiger partial charge in [0.1, 0.15) is 10.8 Å². The highest BCUT2D eigenvalue weighted by Gasteiger charge is 2.22. The average molecular weight is 393 g/mol. The van der Waals surface area contributed by atoms with Gasteiger partial charge in [-0.05, 0) is 48.1 Å². The van der Waals surface area contributed by atoms with Crippen LogP contribution in [0.3, 0.4) is 0 Å². The largest absolute Gasteiger partial charge is 0.347 e. The predicted octanol–water partition coefficient (Wildman–Crippen LogP) is 4.26. The molecule has 28 heavy (non-hydrogen) atoms. The Balaban J connectivity index is 1.45. The van der Waals surface area contributed by atoms with Crippen molar-refractivity contribution in [2.45, 2.75) is 25.3 Å². The molecule has 1 aromatic heterocycles. The number of aromatic nitrogens is 2. The third-order valence-electron chi connectivity index (χ3n) is 5.56. The van der Waals surface area contributed by atoms with Gasteiger partial charge in [-0.25, -0.2) is 4.39 Å². The van der Waals surface area contributed by atoms with Crippen molar-refractivity contribution in [3.63, 3.8) is 0 Å². The van der Waals surface area contributed by atoms with Gasteiger partial charge in [0.15, 0.2) is 0 Å². The molecule has 1 aliphatic carbocycles. The van der Waals surface area contributed by atoms with Gasteiger partial charge < -0.3 is 10.6 Å². The number of nitrogens with zero attached hydrogens (tertiary/aromatic N) is 3. The molecule has 1 aliphatic heterocycles. The lowest BCUT2D eigenvalue weighted by Gasteiger charge is -2.29. The van der Waals surface area contributed by atoms with Crippen molar-refractivity contribution in [1.82, 2.24) is 10.2 Å². The summed E-state index contributed by atoms with van der Waals surface area (Å²) in [6.45, 7) is 1.86. The van der Waals surface area contributed by atoms with Crippen molar-refractivity contribution in [2.75, 3.05) is 18.0 Å². The Morgan fingerprint density at radius 2 is 1.86 bits per heavy atom. The van der Waals surface area contributed by atoms with Crippen LogP contribution >= 0.6 is 11.3 Å². The van der Waals surface area contributed by atoms with E-state index < -0.39 is 0 Å². The van der Waals surface area contributed by atoms with Gasteiger partial charge in [0.05, 0.1) is 0 Å². The van der Waals surface area contributed by atoms with E-state index >= 15 is 0 Å². The number of hydrogen-bond acceptors (Lipinski definition) is 5. The maximum Gasteiger partial charge on any atom is 0.208 e. The van der Waals surface area contributed by atoms with E-state index in [-0.39, 0.29) is 5.82 Å². The third-order valence-corrected chi connectivity index (χ3v) is 6.59. The van der Waals surface area contributed by atoms with Crippen molar-refractivity contribution in [3.8, 4) is 10.6 Å². The number of benzene rings is 2. The van der Waals surface area contributed by atoms with E-state index in [4.69, 9.17) is 5.73 Å². The van der Waals surface area contributed by atoms with Gasteiger partial charge in [0, 0.05) is 30.3 Å². The summed E-state index contributed by atoms with van der Waals surface area (Å²) in [6, 6.07) is 13.6. The molecule has 2 aromatic carbocycles. The van der Waals surface area contributed by atoms with Crippen molar-refractivity contribution in [3.05, 3.63) is 71.0 Å². The molecule has 5 rings (SSSR count). The van der Waals surface area contributed by atoms with Crippen molar-refractivity contribution >= 4 is 22.0 Å². The Morgan fingerprint density at radius 3 is 2.68 bits per heavy atom. The summed E-state index contributed by atoms with van der Waals surface area (Å²) < 4.78 is 14.3. The fourth-order valence-electron chi connectivity index (χ4n) is 3.95. The van der Waals surface area contributed by atoms with E-state index in [0.29, 0.717) is 11.6 Å². The van der Waals surface area contributed by atoms with Crippen molar-refractivity contribution in [2.24, 2.45) is 5.73 Å². The Morgan fingerprint density at radius 1 is 1.04 bits per heavy atom. The molecule has 0 amide bonds. The highest BCUT2D eigenvalue weighted by Crippen LogP contribution is 2.38. The maximum atomic E-state index is 14.3. The van der Waals surface area contributed by atoms with Gasteiger partial charge in [-0.3, -0.25) is 0 Å². The molecule has 142 valence electrons. The van der Waals surface area contributed by atoms with E-state index in [0.717, 1.165) is 59.2 Å². The molecule has 2 heterocycles. The van der Waals surface area contributed by atoms with Crippen LogP contribution in [0.15, 0.2) is 48.5 Å². The molecule has 2 N–H and O–H groups in total. The molecular formula is C22H21FN4S. The van der Waals surface area contributed by atoms with E-state index in [1.54, 1.807) is 17.4 Å². The molecule has 3 aromatic rings. The van der Waals surface area contributed by atoms with Crippen molar-refractivity contribution in [1.29, 1.82) is 0 Å². The fourth-order valence-corrected chi connectivity index (χ4v) is 4.84. The first-order chi connectivity index (χ1) is 13.7. The molecule has 4 nitrogen and oxygen atoms in total. The maximum absolute atomic E-state index is 14.3. The number of fused-ring (bicyclic) bond motifs is 1. The second-order valence-corrected chi connectivity index (χ2v) is 8.34. The predicted molar refractivity (Wildman–Crippen MR) is 112 cm³/mol. The summed E-state index contributed by atoms with van der Waals surface area (Å²) in [5.41, 5.74) is 11.0. The first-order valence-electron chi connectivity index (χ1n) is 9.62. The highest BCUT2D eigenvalue weighted by atomic mass is 32.1. The zero-order valence-electron chi connectivity index (χ0n) is 15.4. The SMILES string of the molecule is NC1CCN(c2nnc(-c3ccc4c(c3)C(c3ccccc3F)=CC4)s2)CC1. The van der Waals surface area contributed by atoms with Gasteiger partial charge in [-0.15, -0.1) is 10.2 Å². The molecule has 6 heteroatoms. The summed E-state index contributed by atoms with van der Waals surface area (Å²) in [6.07, 6.45) is 4.92. The van der Waals surface area contributed by atoms with Crippen LogP contribution in [0.4, 0.5) is 9.52 Å². The molecule has 0 spiro atoms. The van der Waals surface area contributed by atoms with Crippen LogP contribution in [0.1, 0.15) is 29.5 Å². The zero-order valence-corrected chi connectivity index (χ0v) is 16.3. The standard InChI is InChI=1S/C22H21FN4S/c23-20-4-2-1-3-18(20)17-8-7-14-5-6-15(13-19(14)17)21-25-26-22(28-21)27-11-9-16(24)10-12-27/h1-6,8,13,16H,7,9-12,24H2. The van der Waals surface area contributed by atoms with Crippen LogP contribution in [-0.4, -0.2) is 29.3 Å². The smallest absolute Gasteiger partial charge is 0.208 e. The van der Waals surface area contributed by atoms with Gasteiger partial charge >= 0.3 is 0 Å². The van der Waals surface area contributed by atoms with Crippen molar-refractivity contribution < 1.29 is 4.39 Å². The second kappa shape index (κ2) is 7.11. The summed E-state index contributed by atoms with van der Waals surface area (Å²) in [7, 11) is 0. The molecule has 0 atom stereocenters. The topological polar surface area (TPSA) is 55.0 Å². The molecular weight excluding hydrogens is 371 g/mol.